The average molecular weight is 314 g/mol. The number of thioether (sulfide) groups is 1. The monoisotopic (exact) mass is 313 g/mol. The molecule has 1 atom stereocenters. The van der Waals surface area contributed by atoms with E-state index in [0.29, 0.717) is 5.25 Å². The lowest BCUT2D eigenvalue weighted by molar-refractivity contribution is 0.0953. The molecule has 1 unspecified atom stereocenters. The highest BCUT2D eigenvalue weighted by molar-refractivity contribution is 9.08. The Morgan fingerprint density at radius 1 is 1.41 bits per heavy atom. The van der Waals surface area contributed by atoms with Crippen LogP contribution in [-0.2, 0) is 5.33 Å². The highest BCUT2D eigenvalue weighted by Gasteiger charge is 2.16. The number of halogens is 1. The molecule has 1 saturated heterocycles. The van der Waals surface area contributed by atoms with E-state index in [1.807, 2.05) is 36.0 Å². The predicted octanol–water partition coefficient (Wildman–Crippen LogP) is 3.21. The number of nitrogens with one attached hydrogen (secondary N) is 1. The zero-order valence-electron chi connectivity index (χ0n) is 9.62. The van der Waals surface area contributed by atoms with Crippen molar-refractivity contribution in [1.29, 1.82) is 0 Å². The minimum absolute atomic E-state index is 0.0404. The summed E-state index contributed by atoms with van der Waals surface area (Å²) in [6.07, 6.45) is 2.51. The van der Waals surface area contributed by atoms with Crippen LogP contribution in [-0.4, -0.2) is 23.5 Å². The molecule has 2 rings (SSSR count). The number of hydrogen-bond donors (Lipinski definition) is 1. The van der Waals surface area contributed by atoms with Crippen LogP contribution in [0, 0.1) is 0 Å². The van der Waals surface area contributed by atoms with Crippen LogP contribution in [0.4, 0.5) is 0 Å². The van der Waals surface area contributed by atoms with E-state index < -0.39 is 0 Å². The number of hydrogen-bond acceptors (Lipinski definition) is 2. The van der Waals surface area contributed by atoms with E-state index in [2.05, 4.69) is 21.2 Å². The largest absolute Gasteiger partial charge is 0.351 e. The summed E-state index contributed by atoms with van der Waals surface area (Å²) >= 11 is 5.36. The van der Waals surface area contributed by atoms with Gasteiger partial charge in [-0.1, -0.05) is 28.1 Å². The summed E-state index contributed by atoms with van der Waals surface area (Å²) < 4.78 is 0. The summed E-state index contributed by atoms with van der Waals surface area (Å²) in [5.74, 6) is 1.28. The molecule has 0 aliphatic carbocycles. The normalized spacial score (nSPS) is 19.2. The number of carbonyl (C=O) groups is 1. The standard InChI is InChI=1S/C13H16BrNOS/c14-8-10-3-5-11(6-4-10)13(16)15-9-12-2-1-7-17-12/h3-6,12H,1-2,7-9H2,(H,15,16). The minimum Gasteiger partial charge on any atom is -0.351 e. The number of amides is 1. The molecule has 0 saturated carbocycles. The summed E-state index contributed by atoms with van der Waals surface area (Å²) in [4.78, 5) is 11.9. The maximum atomic E-state index is 11.9. The van der Waals surface area contributed by atoms with E-state index in [4.69, 9.17) is 0 Å². The zero-order valence-corrected chi connectivity index (χ0v) is 12.0. The molecule has 1 amide bonds. The first kappa shape index (κ1) is 13.0. The van der Waals surface area contributed by atoms with Crippen molar-refractivity contribution in [2.75, 3.05) is 12.3 Å². The molecule has 1 N–H and O–H groups in total. The molecule has 4 heteroatoms. The molecule has 1 aromatic carbocycles. The predicted molar refractivity (Wildman–Crippen MR) is 76.9 cm³/mol. The molecule has 2 nitrogen and oxygen atoms in total. The second kappa shape index (κ2) is 6.45. The second-order valence-corrected chi connectivity index (χ2v) is 6.14. The maximum Gasteiger partial charge on any atom is 0.251 e. The first-order valence-corrected chi connectivity index (χ1v) is 8.01. The van der Waals surface area contributed by atoms with Gasteiger partial charge in [-0.05, 0) is 36.3 Å². The molecule has 0 spiro atoms. The Balaban J connectivity index is 1.85. The van der Waals surface area contributed by atoms with Gasteiger partial charge >= 0.3 is 0 Å². The molecule has 1 aromatic rings. The molecule has 0 bridgehead atoms. The Morgan fingerprint density at radius 3 is 2.76 bits per heavy atom. The smallest absolute Gasteiger partial charge is 0.251 e. The number of rotatable bonds is 4. The van der Waals surface area contributed by atoms with Gasteiger partial charge in [0, 0.05) is 22.7 Å². The van der Waals surface area contributed by atoms with Crippen LogP contribution in [0.15, 0.2) is 24.3 Å². The van der Waals surface area contributed by atoms with Gasteiger partial charge in [-0.2, -0.15) is 11.8 Å². The average Bonchev–Trinajstić information content (AvgIpc) is 2.89. The van der Waals surface area contributed by atoms with Gasteiger partial charge in [0.2, 0.25) is 0 Å². The molecule has 1 aliphatic heterocycles. The van der Waals surface area contributed by atoms with E-state index in [1.165, 1.54) is 24.2 Å². The Kier molecular flexibility index (Phi) is 4.92. The fraction of sp³-hybridized carbons (Fsp3) is 0.462. The summed E-state index contributed by atoms with van der Waals surface area (Å²) in [6, 6.07) is 7.73. The summed E-state index contributed by atoms with van der Waals surface area (Å²) in [7, 11) is 0. The fourth-order valence-corrected chi connectivity index (χ4v) is 3.43. The first-order chi connectivity index (χ1) is 8.29. The Morgan fingerprint density at radius 2 is 2.18 bits per heavy atom. The highest BCUT2D eigenvalue weighted by atomic mass is 79.9. The third kappa shape index (κ3) is 3.75. The Bertz CT molecular complexity index is 374. The van der Waals surface area contributed by atoms with E-state index in [9.17, 15) is 4.79 Å². The van der Waals surface area contributed by atoms with Crippen LogP contribution < -0.4 is 5.32 Å². The van der Waals surface area contributed by atoms with Crippen LogP contribution in [0.25, 0.3) is 0 Å². The fourth-order valence-electron chi connectivity index (χ4n) is 1.86. The van der Waals surface area contributed by atoms with Gasteiger partial charge in [0.1, 0.15) is 0 Å². The van der Waals surface area contributed by atoms with Gasteiger partial charge in [-0.3, -0.25) is 4.79 Å². The topological polar surface area (TPSA) is 29.1 Å². The number of carbonyl (C=O) groups excluding carboxylic acids is 1. The lowest BCUT2D eigenvalue weighted by Crippen LogP contribution is -2.29. The molecule has 17 heavy (non-hydrogen) atoms. The highest BCUT2D eigenvalue weighted by Crippen LogP contribution is 2.25. The van der Waals surface area contributed by atoms with Gasteiger partial charge in [0.25, 0.3) is 5.91 Å². The van der Waals surface area contributed by atoms with E-state index in [0.717, 1.165) is 17.4 Å². The maximum absolute atomic E-state index is 11.9. The Hall–Kier alpha value is -0.480. The van der Waals surface area contributed by atoms with Gasteiger partial charge in [0.15, 0.2) is 0 Å². The minimum atomic E-state index is 0.0404. The molecule has 1 heterocycles. The van der Waals surface area contributed by atoms with Crippen molar-refractivity contribution in [3.8, 4) is 0 Å². The van der Waals surface area contributed by atoms with Crippen molar-refractivity contribution in [2.24, 2.45) is 0 Å². The lowest BCUT2D eigenvalue weighted by Gasteiger charge is -2.10. The van der Waals surface area contributed by atoms with Crippen molar-refractivity contribution in [2.45, 2.75) is 23.4 Å². The van der Waals surface area contributed by atoms with Gasteiger partial charge in [-0.15, -0.1) is 0 Å². The van der Waals surface area contributed by atoms with Crippen LogP contribution >= 0.6 is 27.7 Å². The van der Waals surface area contributed by atoms with Crippen LogP contribution in [0.1, 0.15) is 28.8 Å². The Labute approximate surface area is 115 Å². The van der Waals surface area contributed by atoms with Crippen molar-refractivity contribution >= 4 is 33.6 Å². The zero-order chi connectivity index (χ0) is 12.1. The molecule has 1 aliphatic rings. The summed E-state index contributed by atoms with van der Waals surface area (Å²) in [6.45, 7) is 0.795. The molecular weight excluding hydrogens is 298 g/mol. The first-order valence-electron chi connectivity index (χ1n) is 5.84. The van der Waals surface area contributed by atoms with Gasteiger partial charge in [0.05, 0.1) is 0 Å². The van der Waals surface area contributed by atoms with Crippen molar-refractivity contribution in [1.82, 2.24) is 5.32 Å². The molecular formula is C13H16BrNOS. The third-order valence-electron chi connectivity index (χ3n) is 2.88. The van der Waals surface area contributed by atoms with Crippen molar-refractivity contribution < 1.29 is 4.79 Å². The van der Waals surface area contributed by atoms with Crippen LogP contribution in [0.3, 0.4) is 0 Å². The lowest BCUT2D eigenvalue weighted by atomic mass is 10.1. The molecule has 92 valence electrons. The summed E-state index contributed by atoms with van der Waals surface area (Å²) in [5, 5.41) is 4.45. The van der Waals surface area contributed by atoms with Crippen molar-refractivity contribution in [3.63, 3.8) is 0 Å². The van der Waals surface area contributed by atoms with Gasteiger partial charge < -0.3 is 5.32 Å². The molecule has 1 fully saturated rings. The van der Waals surface area contributed by atoms with E-state index in [1.54, 1.807) is 0 Å². The van der Waals surface area contributed by atoms with Crippen LogP contribution in [0.2, 0.25) is 0 Å². The van der Waals surface area contributed by atoms with Crippen LogP contribution in [0.5, 0.6) is 0 Å². The second-order valence-electron chi connectivity index (χ2n) is 4.18. The SMILES string of the molecule is O=C(NCC1CCCS1)c1ccc(CBr)cc1. The van der Waals surface area contributed by atoms with E-state index in [-0.39, 0.29) is 5.91 Å². The van der Waals surface area contributed by atoms with E-state index >= 15 is 0 Å². The quantitative estimate of drug-likeness (QED) is 0.865. The van der Waals surface area contributed by atoms with Gasteiger partial charge in [-0.25, -0.2) is 0 Å². The molecule has 0 aromatic heterocycles. The third-order valence-corrected chi connectivity index (χ3v) is 4.93. The molecule has 0 radical (unpaired) electrons. The van der Waals surface area contributed by atoms with Crippen molar-refractivity contribution in [3.05, 3.63) is 35.4 Å². The number of alkyl halides is 1. The summed E-state index contributed by atoms with van der Waals surface area (Å²) in [5.41, 5.74) is 1.94. The number of benzene rings is 1.